The van der Waals surface area contributed by atoms with Crippen LogP contribution in [0.1, 0.15) is 17.8 Å². The summed E-state index contributed by atoms with van der Waals surface area (Å²) >= 11 is 1.04. The molecule has 0 saturated carbocycles. The van der Waals surface area contributed by atoms with Crippen LogP contribution in [0, 0.1) is 13.8 Å². The van der Waals surface area contributed by atoms with Gasteiger partial charge in [-0.3, -0.25) is 4.68 Å². The van der Waals surface area contributed by atoms with Gasteiger partial charge >= 0.3 is 0 Å². The molecular formula is C11H17N5O2S2. The van der Waals surface area contributed by atoms with Gasteiger partial charge in [-0.25, -0.2) is 18.5 Å². The first-order valence-corrected chi connectivity index (χ1v) is 8.46. The number of sulfonamides is 1. The lowest BCUT2D eigenvalue weighted by Gasteiger charge is -2.05. The molecule has 2 aromatic rings. The molecule has 2 aromatic heterocycles. The number of nitrogens with one attached hydrogen (secondary N) is 1. The SMILES string of the molecule is Cc1cc(C)n(CCCNc2ncc(S(N)(=O)=O)s2)n1. The van der Waals surface area contributed by atoms with Crippen LogP contribution in [0.5, 0.6) is 0 Å². The number of aryl methyl sites for hydroxylation is 3. The molecule has 0 aromatic carbocycles. The third-order valence-electron chi connectivity index (χ3n) is 2.69. The van der Waals surface area contributed by atoms with Crippen LogP contribution in [0.3, 0.4) is 0 Å². The molecule has 0 amide bonds. The van der Waals surface area contributed by atoms with Crippen LogP contribution in [-0.2, 0) is 16.6 Å². The molecule has 0 bridgehead atoms. The second-order valence-electron chi connectivity index (χ2n) is 4.46. The number of primary sulfonamides is 1. The maximum Gasteiger partial charge on any atom is 0.249 e. The zero-order chi connectivity index (χ0) is 14.8. The molecular weight excluding hydrogens is 298 g/mol. The normalized spacial score (nSPS) is 11.8. The number of thiazole rings is 1. The average Bonchev–Trinajstić information content (AvgIpc) is 2.91. The van der Waals surface area contributed by atoms with E-state index in [-0.39, 0.29) is 4.21 Å². The Bertz CT molecular complexity index is 689. The Labute approximate surface area is 121 Å². The molecule has 0 aliphatic heterocycles. The summed E-state index contributed by atoms with van der Waals surface area (Å²) in [5.74, 6) is 0. The number of rotatable bonds is 6. The molecule has 110 valence electrons. The second kappa shape index (κ2) is 5.90. The molecule has 20 heavy (non-hydrogen) atoms. The van der Waals surface area contributed by atoms with E-state index in [0.717, 1.165) is 35.7 Å². The third-order valence-corrected chi connectivity index (χ3v) is 5.05. The van der Waals surface area contributed by atoms with Crippen LogP contribution < -0.4 is 10.5 Å². The molecule has 0 aliphatic rings. The van der Waals surface area contributed by atoms with E-state index < -0.39 is 10.0 Å². The van der Waals surface area contributed by atoms with Gasteiger partial charge in [0.05, 0.1) is 11.9 Å². The van der Waals surface area contributed by atoms with E-state index in [4.69, 9.17) is 5.14 Å². The van der Waals surface area contributed by atoms with E-state index >= 15 is 0 Å². The Balaban J connectivity index is 1.82. The van der Waals surface area contributed by atoms with Crippen molar-refractivity contribution in [2.75, 3.05) is 11.9 Å². The Morgan fingerprint density at radius 3 is 2.75 bits per heavy atom. The highest BCUT2D eigenvalue weighted by molar-refractivity contribution is 7.91. The maximum absolute atomic E-state index is 11.1. The lowest BCUT2D eigenvalue weighted by atomic mass is 10.4. The summed E-state index contributed by atoms with van der Waals surface area (Å²) in [6.07, 6.45) is 2.13. The third kappa shape index (κ3) is 3.78. The minimum absolute atomic E-state index is 0.0681. The Hall–Kier alpha value is -1.45. The van der Waals surface area contributed by atoms with Gasteiger partial charge in [-0.05, 0) is 26.3 Å². The summed E-state index contributed by atoms with van der Waals surface area (Å²) in [5, 5.41) is 13.0. The van der Waals surface area contributed by atoms with Crippen LogP contribution in [0.2, 0.25) is 0 Å². The fraction of sp³-hybridized carbons (Fsp3) is 0.455. The zero-order valence-electron chi connectivity index (χ0n) is 11.3. The summed E-state index contributed by atoms with van der Waals surface area (Å²) in [4.78, 5) is 3.97. The number of anilines is 1. The smallest absolute Gasteiger partial charge is 0.249 e. The summed E-state index contributed by atoms with van der Waals surface area (Å²) in [7, 11) is -3.66. The van der Waals surface area contributed by atoms with Crippen LogP contribution in [0.15, 0.2) is 16.5 Å². The van der Waals surface area contributed by atoms with Gasteiger partial charge in [-0.2, -0.15) is 5.10 Å². The molecule has 0 aliphatic carbocycles. The van der Waals surface area contributed by atoms with Crippen molar-refractivity contribution in [3.63, 3.8) is 0 Å². The first-order chi connectivity index (χ1) is 9.36. The van der Waals surface area contributed by atoms with Gasteiger partial charge in [0.1, 0.15) is 0 Å². The summed E-state index contributed by atoms with van der Waals surface area (Å²) in [6.45, 7) is 5.48. The summed E-state index contributed by atoms with van der Waals surface area (Å²) in [5.41, 5.74) is 2.14. The van der Waals surface area contributed by atoms with Gasteiger partial charge in [0.2, 0.25) is 10.0 Å². The first-order valence-electron chi connectivity index (χ1n) is 6.10. The van der Waals surface area contributed by atoms with E-state index in [1.165, 1.54) is 6.20 Å². The quantitative estimate of drug-likeness (QED) is 0.777. The van der Waals surface area contributed by atoms with Crippen LogP contribution >= 0.6 is 11.3 Å². The number of nitrogens with zero attached hydrogens (tertiary/aromatic N) is 3. The molecule has 0 radical (unpaired) electrons. The predicted molar refractivity (Wildman–Crippen MR) is 78.3 cm³/mol. The maximum atomic E-state index is 11.1. The number of aromatic nitrogens is 3. The van der Waals surface area contributed by atoms with Crippen molar-refractivity contribution in [3.05, 3.63) is 23.7 Å². The molecule has 0 unspecified atom stereocenters. The first kappa shape index (κ1) is 14.9. The van der Waals surface area contributed by atoms with Gasteiger partial charge < -0.3 is 5.32 Å². The summed E-state index contributed by atoms with van der Waals surface area (Å²) in [6, 6.07) is 2.03. The largest absolute Gasteiger partial charge is 0.361 e. The molecule has 9 heteroatoms. The molecule has 0 fully saturated rings. The second-order valence-corrected chi connectivity index (χ2v) is 7.28. The van der Waals surface area contributed by atoms with Crippen molar-refractivity contribution in [1.82, 2.24) is 14.8 Å². The standard InChI is InChI=1S/C11H17N5O2S2/c1-8-6-9(2)16(15-8)5-3-4-13-11-14-7-10(19-11)20(12,17)18/h6-7H,3-5H2,1-2H3,(H,13,14)(H2,12,17,18). The highest BCUT2D eigenvalue weighted by Crippen LogP contribution is 2.21. The van der Waals surface area contributed by atoms with Crippen LogP contribution in [0.25, 0.3) is 0 Å². The Morgan fingerprint density at radius 1 is 1.45 bits per heavy atom. The van der Waals surface area contributed by atoms with Gasteiger partial charge in [0.25, 0.3) is 0 Å². The Morgan fingerprint density at radius 2 is 2.20 bits per heavy atom. The van der Waals surface area contributed by atoms with Gasteiger partial charge in [0.15, 0.2) is 9.34 Å². The molecule has 0 saturated heterocycles. The van der Waals surface area contributed by atoms with Gasteiger partial charge in [-0.15, -0.1) is 0 Å². The highest BCUT2D eigenvalue weighted by Gasteiger charge is 2.12. The highest BCUT2D eigenvalue weighted by atomic mass is 32.2. The molecule has 0 atom stereocenters. The number of hydrogen-bond donors (Lipinski definition) is 2. The zero-order valence-corrected chi connectivity index (χ0v) is 13.0. The van der Waals surface area contributed by atoms with Gasteiger partial charge in [-0.1, -0.05) is 11.3 Å². The fourth-order valence-electron chi connectivity index (χ4n) is 1.80. The van der Waals surface area contributed by atoms with Crippen molar-refractivity contribution in [2.24, 2.45) is 5.14 Å². The average molecular weight is 315 g/mol. The molecule has 3 N–H and O–H groups in total. The van der Waals surface area contributed by atoms with Crippen molar-refractivity contribution < 1.29 is 8.42 Å². The lowest BCUT2D eigenvalue weighted by molar-refractivity contribution is 0.573. The predicted octanol–water partition coefficient (Wildman–Crippen LogP) is 1.11. The Kier molecular flexibility index (Phi) is 4.41. The van der Waals surface area contributed by atoms with E-state index in [2.05, 4.69) is 15.4 Å². The fourth-order valence-corrected chi connectivity index (χ4v) is 3.27. The molecule has 7 nitrogen and oxygen atoms in total. The monoisotopic (exact) mass is 315 g/mol. The molecule has 2 rings (SSSR count). The lowest BCUT2D eigenvalue weighted by Crippen LogP contribution is -2.10. The van der Waals surface area contributed by atoms with E-state index in [0.29, 0.717) is 11.7 Å². The summed E-state index contributed by atoms with van der Waals surface area (Å²) < 4.78 is 24.2. The van der Waals surface area contributed by atoms with E-state index in [1.807, 2.05) is 24.6 Å². The number of nitrogens with two attached hydrogens (primary N) is 1. The van der Waals surface area contributed by atoms with Crippen molar-refractivity contribution in [2.45, 2.75) is 31.0 Å². The molecule has 0 spiro atoms. The van der Waals surface area contributed by atoms with E-state index in [1.54, 1.807) is 0 Å². The topological polar surface area (TPSA) is 103 Å². The van der Waals surface area contributed by atoms with Crippen molar-refractivity contribution in [1.29, 1.82) is 0 Å². The van der Waals surface area contributed by atoms with E-state index in [9.17, 15) is 8.42 Å². The van der Waals surface area contributed by atoms with Crippen LogP contribution in [-0.4, -0.2) is 29.7 Å². The molecule has 2 heterocycles. The van der Waals surface area contributed by atoms with Gasteiger partial charge in [0, 0.05) is 18.8 Å². The minimum atomic E-state index is -3.66. The van der Waals surface area contributed by atoms with Crippen molar-refractivity contribution in [3.8, 4) is 0 Å². The number of hydrogen-bond acceptors (Lipinski definition) is 6. The van der Waals surface area contributed by atoms with Crippen LogP contribution in [0.4, 0.5) is 5.13 Å². The van der Waals surface area contributed by atoms with Crippen molar-refractivity contribution >= 4 is 26.5 Å². The minimum Gasteiger partial charge on any atom is -0.361 e.